The second kappa shape index (κ2) is 5.34. The summed E-state index contributed by atoms with van der Waals surface area (Å²) < 4.78 is 13.6. The molecule has 0 aliphatic carbocycles. The average molecular weight is 272 g/mol. The van der Waals surface area contributed by atoms with E-state index < -0.39 is 5.82 Å². The Morgan fingerprint density at radius 1 is 1.30 bits per heavy atom. The van der Waals surface area contributed by atoms with E-state index in [1.807, 2.05) is 0 Å². The highest BCUT2D eigenvalue weighted by molar-refractivity contribution is 5.98. The van der Waals surface area contributed by atoms with Crippen molar-refractivity contribution in [2.45, 2.75) is 44.2 Å². The molecule has 2 aliphatic rings. The molecule has 0 saturated carbocycles. The molecule has 2 atom stereocenters. The molecule has 3 nitrogen and oxygen atoms in total. The first-order chi connectivity index (χ1) is 9.67. The number of carbonyl (C=O) groups excluding carboxylic acids is 1. The Kier molecular flexibility index (Phi) is 3.54. The fourth-order valence-corrected chi connectivity index (χ4v) is 3.47. The molecule has 20 heavy (non-hydrogen) atoms. The summed E-state index contributed by atoms with van der Waals surface area (Å²) >= 11 is 0. The van der Waals surface area contributed by atoms with Crippen molar-refractivity contribution in [2.24, 2.45) is 5.92 Å². The molecule has 0 spiro atoms. The molecule has 2 bridgehead atoms. The van der Waals surface area contributed by atoms with Crippen LogP contribution in [-0.4, -0.2) is 17.9 Å². The third kappa shape index (κ3) is 2.46. The van der Waals surface area contributed by atoms with Crippen LogP contribution in [0, 0.1) is 23.1 Å². The monoisotopic (exact) mass is 272 g/mol. The standard InChI is InChI=1S/C16H17FN2O/c17-15-8-10(4-5-11(15)9-18)16(20)12-6-13-2-1-3-14(7-12)19-13/h4-5,8,12-14,19H,1-3,6-7H2. The van der Waals surface area contributed by atoms with Gasteiger partial charge in [-0.2, -0.15) is 5.26 Å². The van der Waals surface area contributed by atoms with E-state index in [2.05, 4.69) is 5.32 Å². The molecular formula is C16H17FN2O. The maximum atomic E-state index is 13.6. The second-order valence-corrected chi connectivity index (χ2v) is 5.83. The predicted octanol–water partition coefficient (Wildman–Crippen LogP) is 2.80. The van der Waals surface area contributed by atoms with Gasteiger partial charge >= 0.3 is 0 Å². The molecule has 1 aromatic rings. The van der Waals surface area contributed by atoms with Gasteiger partial charge < -0.3 is 5.32 Å². The first-order valence-electron chi connectivity index (χ1n) is 7.17. The number of fused-ring (bicyclic) bond motifs is 2. The lowest BCUT2D eigenvalue weighted by Crippen LogP contribution is -2.50. The number of benzene rings is 1. The number of hydrogen-bond acceptors (Lipinski definition) is 3. The van der Waals surface area contributed by atoms with Gasteiger partial charge in [-0.25, -0.2) is 4.39 Å². The van der Waals surface area contributed by atoms with E-state index in [9.17, 15) is 9.18 Å². The number of nitriles is 1. The Morgan fingerprint density at radius 3 is 2.60 bits per heavy atom. The number of carbonyl (C=O) groups is 1. The topological polar surface area (TPSA) is 52.9 Å². The third-order valence-corrected chi connectivity index (χ3v) is 4.46. The van der Waals surface area contributed by atoms with Crippen LogP contribution < -0.4 is 5.32 Å². The summed E-state index contributed by atoms with van der Waals surface area (Å²) in [5, 5.41) is 12.3. The molecule has 1 aromatic carbocycles. The quantitative estimate of drug-likeness (QED) is 0.842. The zero-order valence-corrected chi connectivity index (χ0v) is 11.2. The van der Waals surface area contributed by atoms with E-state index >= 15 is 0 Å². The van der Waals surface area contributed by atoms with E-state index in [1.54, 1.807) is 12.1 Å². The Balaban J connectivity index is 1.79. The van der Waals surface area contributed by atoms with Gasteiger partial charge in [-0.15, -0.1) is 0 Å². The molecule has 0 amide bonds. The SMILES string of the molecule is N#Cc1ccc(C(=O)C2CC3CCCC(C2)N3)cc1F. The summed E-state index contributed by atoms with van der Waals surface area (Å²) in [5.41, 5.74) is 0.384. The minimum Gasteiger partial charge on any atom is -0.311 e. The second-order valence-electron chi connectivity index (χ2n) is 5.83. The summed E-state index contributed by atoms with van der Waals surface area (Å²) in [7, 11) is 0. The molecule has 2 aliphatic heterocycles. The van der Waals surface area contributed by atoms with E-state index in [4.69, 9.17) is 5.26 Å². The number of ketones is 1. The van der Waals surface area contributed by atoms with Crippen LogP contribution >= 0.6 is 0 Å². The molecule has 0 radical (unpaired) electrons. The highest BCUT2D eigenvalue weighted by Crippen LogP contribution is 2.31. The van der Waals surface area contributed by atoms with Crippen molar-refractivity contribution in [1.29, 1.82) is 5.26 Å². The van der Waals surface area contributed by atoms with Gasteiger partial charge in [0, 0.05) is 23.6 Å². The van der Waals surface area contributed by atoms with Crippen LogP contribution in [0.4, 0.5) is 4.39 Å². The van der Waals surface area contributed by atoms with Crippen molar-refractivity contribution in [2.75, 3.05) is 0 Å². The lowest BCUT2D eigenvalue weighted by Gasteiger charge is -2.39. The van der Waals surface area contributed by atoms with Gasteiger partial charge in [0.2, 0.25) is 0 Å². The van der Waals surface area contributed by atoms with E-state index in [-0.39, 0.29) is 17.3 Å². The number of rotatable bonds is 2. The number of halogens is 1. The van der Waals surface area contributed by atoms with Crippen molar-refractivity contribution in [1.82, 2.24) is 5.32 Å². The molecule has 2 unspecified atom stereocenters. The number of nitrogens with zero attached hydrogens (tertiary/aromatic N) is 1. The molecular weight excluding hydrogens is 255 g/mol. The Morgan fingerprint density at radius 2 is 2.00 bits per heavy atom. The van der Waals surface area contributed by atoms with Gasteiger partial charge in [0.05, 0.1) is 5.56 Å². The zero-order chi connectivity index (χ0) is 14.1. The summed E-state index contributed by atoms with van der Waals surface area (Å²) in [4.78, 5) is 12.5. The van der Waals surface area contributed by atoms with Crippen LogP contribution in [0.5, 0.6) is 0 Å². The van der Waals surface area contributed by atoms with E-state index in [0.29, 0.717) is 17.6 Å². The van der Waals surface area contributed by atoms with Crippen LogP contribution in [0.2, 0.25) is 0 Å². The van der Waals surface area contributed by atoms with Gasteiger partial charge in [-0.05, 0) is 43.9 Å². The Bertz CT molecular complexity index is 566. The van der Waals surface area contributed by atoms with Crippen LogP contribution in [-0.2, 0) is 0 Å². The molecule has 104 valence electrons. The molecule has 2 heterocycles. The molecule has 0 aromatic heterocycles. The summed E-state index contributed by atoms with van der Waals surface area (Å²) in [6.45, 7) is 0. The first kappa shape index (κ1) is 13.3. The highest BCUT2D eigenvalue weighted by atomic mass is 19.1. The Hall–Kier alpha value is -1.73. The van der Waals surface area contributed by atoms with Gasteiger partial charge in [-0.1, -0.05) is 6.42 Å². The molecule has 3 rings (SSSR count). The summed E-state index contributed by atoms with van der Waals surface area (Å²) in [6, 6.07) is 6.81. The largest absolute Gasteiger partial charge is 0.311 e. The van der Waals surface area contributed by atoms with Gasteiger partial charge in [0.25, 0.3) is 0 Å². The number of nitrogens with one attached hydrogen (secondary N) is 1. The van der Waals surface area contributed by atoms with Crippen LogP contribution in [0.3, 0.4) is 0 Å². The fourth-order valence-electron chi connectivity index (χ4n) is 3.47. The predicted molar refractivity (Wildman–Crippen MR) is 72.7 cm³/mol. The van der Waals surface area contributed by atoms with E-state index in [1.165, 1.54) is 18.6 Å². The Labute approximate surface area is 117 Å². The summed E-state index contributed by atoms with van der Waals surface area (Å²) in [5.74, 6) is -0.599. The molecule has 2 saturated heterocycles. The third-order valence-electron chi connectivity index (χ3n) is 4.46. The van der Waals surface area contributed by atoms with E-state index in [0.717, 1.165) is 25.7 Å². The molecule has 1 N–H and O–H groups in total. The zero-order valence-electron chi connectivity index (χ0n) is 11.2. The molecule has 4 heteroatoms. The van der Waals surface area contributed by atoms with Gasteiger partial charge in [0.1, 0.15) is 11.9 Å². The van der Waals surface area contributed by atoms with Crippen molar-refractivity contribution in [3.05, 3.63) is 35.1 Å². The maximum absolute atomic E-state index is 13.6. The fraction of sp³-hybridized carbons (Fsp3) is 0.500. The average Bonchev–Trinajstić information content (AvgIpc) is 2.46. The van der Waals surface area contributed by atoms with Crippen LogP contribution in [0.15, 0.2) is 18.2 Å². The van der Waals surface area contributed by atoms with Gasteiger partial charge in [0.15, 0.2) is 5.78 Å². The van der Waals surface area contributed by atoms with Crippen LogP contribution in [0.25, 0.3) is 0 Å². The van der Waals surface area contributed by atoms with Crippen molar-refractivity contribution >= 4 is 5.78 Å². The van der Waals surface area contributed by atoms with Crippen molar-refractivity contribution in [3.63, 3.8) is 0 Å². The normalized spacial score (nSPS) is 28.7. The van der Waals surface area contributed by atoms with Gasteiger partial charge in [-0.3, -0.25) is 4.79 Å². The highest BCUT2D eigenvalue weighted by Gasteiger charge is 2.34. The number of Topliss-reactive ketones (excluding diaryl/α,β-unsaturated/α-hetero) is 1. The van der Waals surface area contributed by atoms with Crippen molar-refractivity contribution in [3.8, 4) is 6.07 Å². The lowest BCUT2D eigenvalue weighted by atomic mass is 9.77. The summed E-state index contributed by atoms with van der Waals surface area (Å²) in [6.07, 6.45) is 5.17. The minimum absolute atomic E-state index is 0.0104. The van der Waals surface area contributed by atoms with Crippen molar-refractivity contribution < 1.29 is 9.18 Å². The molecule has 2 fully saturated rings. The lowest BCUT2D eigenvalue weighted by molar-refractivity contribution is 0.0824. The smallest absolute Gasteiger partial charge is 0.166 e. The number of piperidine rings is 2. The minimum atomic E-state index is -0.604. The van der Waals surface area contributed by atoms with Crippen LogP contribution in [0.1, 0.15) is 48.0 Å². The number of hydrogen-bond donors (Lipinski definition) is 1. The maximum Gasteiger partial charge on any atom is 0.166 e. The first-order valence-corrected chi connectivity index (χ1v) is 7.17.